The van der Waals surface area contributed by atoms with E-state index in [0.717, 1.165) is 5.69 Å². The smallest absolute Gasteiger partial charge is 0.0868 e. The molecule has 1 unspecified atom stereocenters. The lowest BCUT2D eigenvalue weighted by Gasteiger charge is -2.24. The minimum atomic E-state index is -0.162. The Morgan fingerprint density at radius 2 is 1.19 bits per heavy atom. The van der Waals surface area contributed by atoms with Crippen molar-refractivity contribution in [3.05, 3.63) is 180 Å². The summed E-state index contributed by atoms with van der Waals surface area (Å²) >= 11 is 0. The molecule has 1 aliphatic carbocycles. The Balaban J connectivity index is 1.33. The van der Waals surface area contributed by atoms with Gasteiger partial charge in [-0.2, -0.15) is 0 Å². The van der Waals surface area contributed by atoms with E-state index in [4.69, 9.17) is 0 Å². The number of allylic oxidation sites excluding steroid dienone is 2. The highest BCUT2D eigenvalue weighted by Gasteiger charge is 2.38. The second kappa shape index (κ2) is 10.7. The van der Waals surface area contributed by atoms with Gasteiger partial charge in [-0.1, -0.05) is 135 Å². The third-order valence-electron chi connectivity index (χ3n) is 10.2. The first-order valence-electron chi connectivity index (χ1n) is 16.4. The van der Waals surface area contributed by atoms with Gasteiger partial charge < -0.3 is 5.32 Å². The molecule has 2 heteroatoms. The summed E-state index contributed by atoms with van der Waals surface area (Å²) in [5.41, 5.74) is 13.8. The second-order valence-corrected chi connectivity index (χ2v) is 13.2. The van der Waals surface area contributed by atoms with Gasteiger partial charge in [0.05, 0.1) is 11.7 Å². The van der Waals surface area contributed by atoms with Crippen LogP contribution in [-0.2, 0) is 5.41 Å². The Bertz CT molecular complexity index is 2380. The van der Waals surface area contributed by atoms with Gasteiger partial charge in [0.15, 0.2) is 0 Å². The zero-order valence-corrected chi connectivity index (χ0v) is 26.5. The van der Waals surface area contributed by atoms with Crippen molar-refractivity contribution in [1.82, 2.24) is 10.3 Å². The van der Waals surface area contributed by atoms with E-state index in [0.29, 0.717) is 0 Å². The number of nitrogens with zero attached hydrogens (tertiary/aromatic N) is 1. The van der Waals surface area contributed by atoms with Crippen LogP contribution in [0.15, 0.2) is 158 Å². The summed E-state index contributed by atoms with van der Waals surface area (Å²) in [6.45, 7) is 4.77. The molecule has 1 aromatic heterocycles. The first-order valence-corrected chi connectivity index (χ1v) is 16.4. The molecule has 7 aromatic rings. The van der Waals surface area contributed by atoms with Gasteiger partial charge in [0, 0.05) is 17.8 Å². The van der Waals surface area contributed by atoms with Crippen molar-refractivity contribution in [2.45, 2.75) is 25.3 Å². The van der Waals surface area contributed by atoms with Crippen molar-refractivity contribution in [3.63, 3.8) is 0 Å². The number of hydrogen-bond acceptors (Lipinski definition) is 2. The van der Waals surface area contributed by atoms with Gasteiger partial charge in [0.2, 0.25) is 0 Å². The second-order valence-electron chi connectivity index (χ2n) is 13.2. The van der Waals surface area contributed by atoms with Crippen molar-refractivity contribution in [1.29, 1.82) is 0 Å². The summed E-state index contributed by atoms with van der Waals surface area (Å²) in [5, 5.41) is 8.76. The average Bonchev–Trinajstić information content (AvgIpc) is 3.36. The van der Waals surface area contributed by atoms with Crippen LogP contribution in [0.25, 0.3) is 60.5 Å². The minimum Gasteiger partial charge on any atom is -0.379 e. The highest BCUT2D eigenvalue weighted by molar-refractivity contribution is 6.22. The minimum absolute atomic E-state index is 0.0579. The van der Waals surface area contributed by atoms with Crippen LogP contribution >= 0.6 is 0 Å². The summed E-state index contributed by atoms with van der Waals surface area (Å²) < 4.78 is 0. The van der Waals surface area contributed by atoms with Crippen LogP contribution in [0, 0.1) is 0 Å². The van der Waals surface area contributed by atoms with Crippen LogP contribution in [0.5, 0.6) is 0 Å². The van der Waals surface area contributed by atoms with Gasteiger partial charge in [-0.25, -0.2) is 0 Å². The molecule has 0 saturated carbocycles. The highest BCUT2D eigenvalue weighted by Crippen LogP contribution is 2.55. The van der Waals surface area contributed by atoms with Gasteiger partial charge in [-0.3, -0.25) is 4.98 Å². The molecular weight excluding hydrogens is 569 g/mol. The lowest BCUT2D eigenvalue weighted by molar-refractivity contribution is 0.661. The van der Waals surface area contributed by atoms with E-state index in [9.17, 15) is 0 Å². The van der Waals surface area contributed by atoms with E-state index in [1.54, 1.807) is 0 Å². The Morgan fingerprint density at radius 1 is 0.553 bits per heavy atom. The number of dihydropyridines is 1. The maximum Gasteiger partial charge on any atom is 0.0868 e. The zero-order chi connectivity index (χ0) is 31.5. The molecule has 0 amide bonds. The fourth-order valence-electron chi connectivity index (χ4n) is 7.92. The molecule has 47 heavy (non-hydrogen) atoms. The molecule has 1 atom stereocenters. The van der Waals surface area contributed by atoms with Crippen molar-refractivity contribution in [2.24, 2.45) is 0 Å². The summed E-state index contributed by atoms with van der Waals surface area (Å²) in [4.78, 5) is 4.58. The normalized spacial score (nSPS) is 16.0. The Labute approximate surface area is 275 Å². The molecule has 0 bridgehead atoms. The van der Waals surface area contributed by atoms with Crippen LogP contribution in [-0.4, -0.2) is 4.98 Å². The van der Waals surface area contributed by atoms with Gasteiger partial charge in [0.1, 0.15) is 0 Å². The molecule has 0 radical (unpaired) electrons. The first kappa shape index (κ1) is 27.6. The number of pyridine rings is 1. The van der Waals surface area contributed by atoms with Crippen LogP contribution in [0.1, 0.15) is 42.3 Å². The lowest BCUT2D eigenvalue weighted by atomic mass is 9.79. The predicted octanol–water partition coefficient (Wildman–Crippen LogP) is 11.3. The SMILES string of the molecule is CC1(C)c2cc3c(-c4ccccc4)c4ccccc4c(-c4ccccc4)c3cc2-c2c(C3=CNC(c4ccccn4)C=C3)cccc21. The Kier molecular flexibility index (Phi) is 6.26. The molecule has 2 nitrogen and oxygen atoms in total. The van der Waals surface area contributed by atoms with Gasteiger partial charge in [0.25, 0.3) is 0 Å². The molecule has 0 fully saturated rings. The molecule has 0 spiro atoms. The van der Waals surface area contributed by atoms with Crippen LogP contribution in [0.3, 0.4) is 0 Å². The monoisotopic (exact) mass is 602 g/mol. The molecule has 9 rings (SSSR count). The topological polar surface area (TPSA) is 24.9 Å². The fourth-order valence-corrected chi connectivity index (χ4v) is 7.92. The third kappa shape index (κ3) is 4.29. The van der Waals surface area contributed by atoms with Crippen molar-refractivity contribution < 1.29 is 0 Å². The van der Waals surface area contributed by atoms with Gasteiger partial charge in [-0.15, -0.1) is 0 Å². The summed E-state index contributed by atoms with van der Waals surface area (Å²) in [5.74, 6) is 0. The average molecular weight is 603 g/mol. The van der Waals surface area contributed by atoms with E-state index < -0.39 is 0 Å². The van der Waals surface area contributed by atoms with Gasteiger partial charge in [-0.05, 0) is 101 Å². The van der Waals surface area contributed by atoms with Crippen molar-refractivity contribution >= 4 is 27.1 Å². The number of rotatable bonds is 4. The highest BCUT2D eigenvalue weighted by atomic mass is 14.9. The molecular formula is C45H34N2. The van der Waals surface area contributed by atoms with Crippen LogP contribution in [0.2, 0.25) is 0 Å². The third-order valence-corrected chi connectivity index (χ3v) is 10.2. The summed E-state index contributed by atoms with van der Waals surface area (Å²) in [6, 6.07) is 48.7. The number of hydrogen-bond donors (Lipinski definition) is 1. The van der Waals surface area contributed by atoms with E-state index in [2.05, 4.69) is 164 Å². The quantitative estimate of drug-likeness (QED) is 0.203. The maximum atomic E-state index is 4.58. The molecule has 6 aromatic carbocycles. The standard InChI is InChI=1S/C45H34N2/c1-45(2)38-21-13-20-32(31-23-24-41(47-28-31)40-22-11-12-25-46-40)44(38)37-26-35-36(27-39(37)45)43(30-16-7-4-8-17-30)34-19-10-9-18-33(34)42(35)29-14-5-3-6-15-29/h3-28,41,47H,1-2H3. The van der Waals surface area contributed by atoms with Gasteiger partial charge >= 0.3 is 0 Å². The molecule has 2 aliphatic rings. The molecule has 2 heterocycles. The molecule has 1 N–H and O–H groups in total. The number of benzene rings is 6. The van der Waals surface area contributed by atoms with Crippen LogP contribution < -0.4 is 5.32 Å². The largest absolute Gasteiger partial charge is 0.379 e. The first-order chi connectivity index (χ1) is 23.1. The fraction of sp³-hybridized carbons (Fsp3) is 0.0889. The number of fused-ring (bicyclic) bond motifs is 5. The van der Waals surface area contributed by atoms with Crippen molar-refractivity contribution in [2.75, 3.05) is 0 Å². The summed E-state index contributed by atoms with van der Waals surface area (Å²) in [6.07, 6.45) is 8.50. The lowest BCUT2D eigenvalue weighted by Crippen LogP contribution is -2.18. The zero-order valence-electron chi connectivity index (χ0n) is 26.5. The maximum absolute atomic E-state index is 4.58. The molecule has 0 saturated heterocycles. The predicted molar refractivity (Wildman–Crippen MR) is 197 cm³/mol. The van der Waals surface area contributed by atoms with Crippen molar-refractivity contribution in [3.8, 4) is 33.4 Å². The summed E-state index contributed by atoms with van der Waals surface area (Å²) in [7, 11) is 0. The molecule has 224 valence electrons. The van der Waals surface area contributed by atoms with E-state index in [-0.39, 0.29) is 11.5 Å². The number of aromatic nitrogens is 1. The Morgan fingerprint density at radius 3 is 1.81 bits per heavy atom. The van der Waals surface area contributed by atoms with E-state index in [1.807, 2.05) is 18.3 Å². The number of nitrogens with one attached hydrogen (secondary N) is 1. The van der Waals surface area contributed by atoms with E-state index in [1.165, 1.54) is 77.2 Å². The molecule has 1 aliphatic heterocycles. The van der Waals surface area contributed by atoms with Crippen LogP contribution in [0.4, 0.5) is 0 Å². The van der Waals surface area contributed by atoms with E-state index >= 15 is 0 Å². The Hall–Kier alpha value is -5.73.